The second kappa shape index (κ2) is 10.3. The highest BCUT2D eigenvalue weighted by Crippen LogP contribution is 2.42. The lowest BCUT2D eigenvalue weighted by Crippen LogP contribution is -2.58. The molecule has 158 valence electrons. The van der Waals surface area contributed by atoms with Crippen molar-refractivity contribution in [2.45, 2.75) is 94.7 Å². The molecule has 2 aliphatic heterocycles. The molecule has 1 N–H and O–H groups in total. The lowest BCUT2D eigenvalue weighted by molar-refractivity contribution is 0.0371. The van der Waals surface area contributed by atoms with Gasteiger partial charge in [-0.05, 0) is 44.2 Å². The highest BCUT2D eigenvalue weighted by atomic mass is 35.5. The van der Waals surface area contributed by atoms with E-state index < -0.39 is 0 Å². The number of hydrogen-bond donors (Lipinski definition) is 1. The summed E-state index contributed by atoms with van der Waals surface area (Å²) in [5, 5.41) is 10.9. The van der Waals surface area contributed by atoms with Crippen LogP contribution < -0.4 is 4.90 Å². The third-order valence-electron chi connectivity index (χ3n) is 7.61. The molecule has 2 saturated heterocycles. The zero-order valence-corrected chi connectivity index (χ0v) is 18.2. The summed E-state index contributed by atoms with van der Waals surface area (Å²) < 4.78 is 0. The van der Waals surface area contributed by atoms with Gasteiger partial charge in [0.05, 0.1) is 11.6 Å². The Kier molecular flexibility index (Phi) is 8.08. The van der Waals surface area contributed by atoms with Gasteiger partial charge in [0.25, 0.3) is 0 Å². The summed E-state index contributed by atoms with van der Waals surface area (Å²) in [5.41, 5.74) is 1.26. The van der Waals surface area contributed by atoms with Gasteiger partial charge < -0.3 is 14.9 Å². The third-order valence-corrected chi connectivity index (χ3v) is 7.61. The standard InChI is InChI=1S/C24H38N2O.ClH/c27-23-15-18-26(22-13-9-6-10-14-22)24(23)16-19-25(20-17-24)21-11-7-4-2-1-3-5-8-12-21;/h6,9-10,13-14,21,23,27H,1-5,7-8,11-12,15-20H2;1H. The van der Waals surface area contributed by atoms with E-state index in [1.807, 2.05) is 0 Å². The summed E-state index contributed by atoms with van der Waals surface area (Å²) in [4.78, 5) is 5.31. The maximum Gasteiger partial charge on any atom is 0.0789 e. The Labute approximate surface area is 177 Å². The van der Waals surface area contributed by atoms with E-state index >= 15 is 0 Å². The molecule has 28 heavy (non-hydrogen) atoms. The molecule has 1 aromatic carbocycles. The van der Waals surface area contributed by atoms with E-state index in [1.54, 1.807) is 0 Å². The van der Waals surface area contributed by atoms with Gasteiger partial charge in [0, 0.05) is 31.4 Å². The van der Waals surface area contributed by atoms with Gasteiger partial charge >= 0.3 is 0 Å². The summed E-state index contributed by atoms with van der Waals surface area (Å²) >= 11 is 0. The Morgan fingerprint density at radius 3 is 1.93 bits per heavy atom. The minimum Gasteiger partial charge on any atom is -0.391 e. The first-order valence-electron chi connectivity index (χ1n) is 11.5. The van der Waals surface area contributed by atoms with Crippen LogP contribution in [0.3, 0.4) is 0 Å². The molecular formula is C24H39ClN2O. The largest absolute Gasteiger partial charge is 0.391 e. The fraction of sp³-hybridized carbons (Fsp3) is 0.750. The van der Waals surface area contributed by atoms with Crippen LogP contribution in [-0.4, -0.2) is 47.3 Å². The zero-order chi connectivity index (χ0) is 18.5. The summed E-state index contributed by atoms with van der Waals surface area (Å²) in [5.74, 6) is 0. The summed E-state index contributed by atoms with van der Waals surface area (Å²) in [6.07, 6.45) is 15.7. The predicted octanol–water partition coefficient (Wildman–Crippen LogP) is 5.41. The Morgan fingerprint density at radius 2 is 1.32 bits per heavy atom. The molecule has 4 heteroatoms. The van der Waals surface area contributed by atoms with Crippen molar-refractivity contribution < 1.29 is 5.11 Å². The van der Waals surface area contributed by atoms with Crippen LogP contribution in [0.1, 0.15) is 77.0 Å². The van der Waals surface area contributed by atoms with Crippen LogP contribution in [0.25, 0.3) is 0 Å². The minimum atomic E-state index is -0.177. The van der Waals surface area contributed by atoms with E-state index in [2.05, 4.69) is 40.1 Å². The molecule has 0 aromatic heterocycles. The molecule has 1 aliphatic carbocycles. The van der Waals surface area contributed by atoms with E-state index in [0.717, 1.165) is 44.9 Å². The quantitative estimate of drug-likeness (QED) is 0.711. The second-order valence-electron chi connectivity index (χ2n) is 9.14. The Bertz CT molecular complexity index is 563. The number of aliphatic hydroxyl groups is 1. The highest BCUT2D eigenvalue weighted by molar-refractivity contribution is 5.85. The van der Waals surface area contributed by atoms with E-state index in [-0.39, 0.29) is 24.0 Å². The molecule has 0 radical (unpaired) electrons. The summed E-state index contributed by atoms with van der Waals surface area (Å²) in [7, 11) is 0. The van der Waals surface area contributed by atoms with Crippen LogP contribution in [0.15, 0.2) is 30.3 Å². The van der Waals surface area contributed by atoms with Crippen molar-refractivity contribution in [3.05, 3.63) is 30.3 Å². The van der Waals surface area contributed by atoms with Gasteiger partial charge in [-0.2, -0.15) is 0 Å². The molecule has 3 nitrogen and oxygen atoms in total. The predicted molar refractivity (Wildman–Crippen MR) is 121 cm³/mol. The van der Waals surface area contributed by atoms with Crippen LogP contribution in [0, 0.1) is 0 Å². The van der Waals surface area contributed by atoms with Crippen LogP contribution in [0.5, 0.6) is 0 Å². The first-order valence-corrected chi connectivity index (χ1v) is 11.5. The summed E-state index contributed by atoms with van der Waals surface area (Å²) in [6, 6.07) is 11.6. The number of benzene rings is 1. The number of para-hydroxylation sites is 1. The van der Waals surface area contributed by atoms with Crippen molar-refractivity contribution in [1.82, 2.24) is 4.90 Å². The van der Waals surface area contributed by atoms with Crippen molar-refractivity contribution in [1.29, 1.82) is 0 Å². The number of rotatable bonds is 2. The van der Waals surface area contributed by atoms with Gasteiger partial charge in [0.15, 0.2) is 0 Å². The number of hydrogen-bond acceptors (Lipinski definition) is 3. The molecule has 3 fully saturated rings. The van der Waals surface area contributed by atoms with Gasteiger partial charge in [-0.25, -0.2) is 0 Å². The Hall–Kier alpha value is -0.770. The van der Waals surface area contributed by atoms with Gasteiger partial charge in [-0.1, -0.05) is 63.1 Å². The van der Waals surface area contributed by atoms with Gasteiger partial charge in [0.2, 0.25) is 0 Å². The van der Waals surface area contributed by atoms with E-state index in [0.29, 0.717) is 0 Å². The van der Waals surface area contributed by atoms with E-state index in [9.17, 15) is 5.11 Å². The number of nitrogens with zero attached hydrogens (tertiary/aromatic N) is 2. The molecule has 0 amide bonds. The minimum absolute atomic E-state index is 0. The fourth-order valence-electron chi connectivity index (χ4n) is 5.95. The normalized spacial score (nSPS) is 27.5. The topological polar surface area (TPSA) is 26.7 Å². The number of anilines is 1. The van der Waals surface area contributed by atoms with Gasteiger partial charge in [0.1, 0.15) is 0 Å². The van der Waals surface area contributed by atoms with Crippen molar-refractivity contribution >= 4 is 18.1 Å². The molecule has 3 aliphatic rings. The molecule has 1 aromatic rings. The van der Waals surface area contributed by atoms with Crippen LogP contribution in [-0.2, 0) is 0 Å². The van der Waals surface area contributed by atoms with E-state index in [4.69, 9.17) is 0 Å². The van der Waals surface area contributed by atoms with Crippen LogP contribution in [0.4, 0.5) is 5.69 Å². The van der Waals surface area contributed by atoms with Crippen molar-refractivity contribution in [3.8, 4) is 0 Å². The molecular weight excluding hydrogens is 368 g/mol. The molecule has 1 saturated carbocycles. The third kappa shape index (κ3) is 4.68. The molecule has 2 heterocycles. The maximum absolute atomic E-state index is 10.9. The second-order valence-corrected chi connectivity index (χ2v) is 9.14. The number of likely N-dealkylation sites (tertiary alicyclic amines) is 1. The first-order chi connectivity index (χ1) is 13.3. The molecule has 1 atom stereocenters. The van der Waals surface area contributed by atoms with Crippen molar-refractivity contribution in [2.24, 2.45) is 0 Å². The SMILES string of the molecule is Cl.OC1CCN(c2ccccc2)C12CCN(C1CCCCCCCCC1)CC2. The average molecular weight is 407 g/mol. The average Bonchev–Trinajstić information content (AvgIpc) is 3.03. The molecule has 1 unspecified atom stereocenters. The zero-order valence-electron chi connectivity index (χ0n) is 17.4. The lowest BCUT2D eigenvalue weighted by Gasteiger charge is -2.49. The van der Waals surface area contributed by atoms with Crippen molar-refractivity contribution in [2.75, 3.05) is 24.5 Å². The molecule has 1 spiro atoms. The molecule has 4 rings (SSSR count). The monoisotopic (exact) mass is 406 g/mol. The number of halogens is 1. The maximum atomic E-state index is 10.9. The Balaban J connectivity index is 0.00000225. The highest BCUT2D eigenvalue weighted by Gasteiger charge is 2.50. The van der Waals surface area contributed by atoms with Crippen molar-refractivity contribution in [3.63, 3.8) is 0 Å². The first kappa shape index (κ1) is 21.9. The molecule has 0 bridgehead atoms. The smallest absolute Gasteiger partial charge is 0.0789 e. The fourth-order valence-corrected chi connectivity index (χ4v) is 5.95. The van der Waals surface area contributed by atoms with Gasteiger partial charge in [-0.3, -0.25) is 0 Å². The number of piperidine rings is 1. The van der Waals surface area contributed by atoms with Crippen LogP contribution in [0.2, 0.25) is 0 Å². The van der Waals surface area contributed by atoms with E-state index in [1.165, 1.54) is 63.5 Å². The lowest BCUT2D eigenvalue weighted by atomic mass is 9.81. The number of aliphatic hydroxyl groups excluding tert-OH is 1. The van der Waals surface area contributed by atoms with Crippen LogP contribution >= 0.6 is 12.4 Å². The summed E-state index contributed by atoms with van der Waals surface area (Å²) in [6.45, 7) is 3.31. The Morgan fingerprint density at radius 1 is 0.750 bits per heavy atom. The van der Waals surface area contributed by atoms with Gasteiger partial charge in [-0.15, -0.1) is 12.4 Å².